The van der Waals surface area contributed by atoms with Crippen molar-refractivity contribution in [3.8, 4) is 0 Å². The zero-order valence-corrected chi connectivity index (χ0v) is 18.1. The molecule has 0 spiro atoms. The number of nitrogens with zero attached hydrogens (tertiary/aromatic N) is 5. The largest absolute Gasteiger partial charge is 0.416 e. The van der Waals surface area contributed by atoms with Crippen LogP contribution in [0.1, 0.15) is 33.0 Å². The van der Waals surface area contributed by atoms with Crippen molar-refractivity contribution < 1.29 is 27.2 Å². The molecular weight excluding hydrogens is 466 g/mol. The third-order valence-electron chi connectivity index (χ3n) is 4.39. The van der Waals surface area contributed by atoms with Gasteiger partial charge >= 0.3 is 6.18 Å². The maximum absolute atomic E-state index is 14.3. The SMILES string of the molecule is CNC(=O)c1cn(CC(F)CCc2nnc(NC(=O)Cc3cccc(C(F)(F)F)c3)s2)nn1. The molecule has 1 unspecified atom stereocenters. The smallest absolute Gasteiger partial charge is 0.354 e. The Bertz CT molecular complexity index is 1120. The first-order valence-corrected chi connectivity index (χ1v) is 10.5. The quantitative estimate of drug-likeness (QED) is 0.451. The molecule has 0 saturated heterocycles. The first kappa shape index (κ1) is 24.2. The zero-order chi connectivity index (χ0) is 24.0. The predicted molar refractivity (Wildman–Crippen MR) is 110 cm³/mol. The monoisotopic (exact) mass is 485 g/mol. The molecule has 3 rings (SSSR count). The van der Waals surface area contributed by atoms with Gasteiger partial charge in [-0.1, -0.05) is 34.7 Å². The van der Waals surface area contributed by atoms with Crippen molar-refractivity contribution in [2.24, 2.45) is 0 Å². The van der Waals surface area contributed by atoms with Crippen LogP contribution in [0, 0.1) is 0 Å². The summed E-state index contributed by atoms with van der Waals surface area (Å²) in [4.78, 5) is 23.6. The number of nitrogens with one attached hydrogen (secondary N) is 2. The molecule has 9 nitrogen and oxygen atoms in total. The Morgan fingerprint density at radius 1 is 1.21 bits per heavy atom. The molecule has 14 heteroatoms. The fraction of sp³-hybridized carbons (Fsp3) is 0.368. The predicted octanol–water partition coefficient (Wildman–Crippen LogP) is 2.66. The number of aromatic nitrogens is 5. The number of aryl methyl sites for hydroxylation is 1. The Kier molecular flexibility index (Phi) is 7.68. The van der Waals surface area contributed by atoms with Crippen LogP contribution in [0.2, 0.25) is 0 Å². The number of amides is 2. The van der Waals surface area contributed by atoms with Gasteiger partial charge in [-0.2, -0.15) is 13.2 Å². The zero-order valence-electron chi connectivity index (χ0n) is 17.3. The Labute approximate surface area is 189 Å². The lowest BCUT2D eigenvalue weighted by atomic mass is 10.1. The molecule has 0 aliphatic carbocycles. The van der Waals surface area contributed by atoms with Crippen molar-refractivity contribution in [1.82, 2.24) is 30.5 Å². The van der Waals surface area contributed by atoms with E-state index in [0.29, 0.717) is 5.01 Å². The van der Waals surface area contributed by atoms with Gasteiger partial charge in [0, 0.05) is 13.5 Å². The van der Waals surface area contributed by atoms with E-state index in [2.05, 4.69) is 31.1 Å². The molecule has 2 heterocycles. The van der Waals surface area contributed by atoms with Gasteiger partial charge in [0.25, 0.3) is 5.91 Å². The van der Waals surface area contributed by atoms with Crippen LogP contribution in [0.3, 0.4) is 0 Å². The number of rotatable bonds is 9. The summed E-state index contributed by atoms with van der Waals surface area (Å²) in [7, 11) is 1.45. The van der Waals surface area contributed by atoms with Crippen LogP contribution in [-0.4, -0.2) is 50.2 Å². The first-order valence-electron chi connectivity index (χ1n) is 9.68. The van der Waals surface area contributed by atoms with Crippen molar-refractivity contribution in [3.05, 3.63) is 52.3 Å². The number of halogens is 4. The molecule has 2 amide bonds. The minimum atomic E-state index is -4.49. The molecule has 3 aromatic rings. The molecule has 33 heavy (non-hydrogen) atoms. The van der Waals surface area contributed by atoms with E-state index in [-0.39, 0.29) is 42.2 Å². The van der Waals surface area contributed by atoms with Gasteiger partial charge in [-0.15, -0.1) is 15.3 Å². The average Bonchev–Trinajstić information content (AvgIpc) is 3.40. The third kappa shape index (κ3) is 7.03. The highest BCUT2D eigenvalue weighted by Gasteiger charge is 2.30. The Morgan fingerprint density at radius 2 is 2.00 bits per heavy atom. The number of carbonyl (C=O) groups excluding carboxylic acids is 2. The number of alkyl halides is 4. The fourth-order valence-electron chi connectivity index (χ4n) is 2.81. The van der Waals surface area contributed by atoms with Crippen molar-refractivity contribution in [3.63, 3.8) is 0 Å². The van der Waals surface area contributed by atoms with Crippen molar-refractivity contribution in [2.45, 2.75) is 38.2 Å². The highest BCUT2D eigenvalue weighted by atomic mass is 32.1. The summed E-state index contributed by atoms with van der Waals surface area (Å²) in [6.07, 6.45) is -4.35. The summed E-state index contributed by atoms with van der Waals surface area (Å²) in [5.41, 5.74) is -0.540. The van der Waals surface area contributed by atoms with E-state index in [1.165, 1.54) is 30.1 Å². The summed E-state index contributed by atoms with van der Waals surface area (Å²) in [5, 5.41) is 20.6. The van der Waals surface area contributed by atoms with Crippen LogP contribution in [0.4, 0.5) is 22.7 Å². The molecule has 1 atom stereocenters. The van der Waals surface area contributed by atoms with E-state index in [0.717, 1.165) is 23.5 Å². The average molecular weight is 485 g/mol. The van der Waals surface area contributed by atoms with E-state index in [1.807, 2.05) is 0 Å². The second kappa shape index (κ2) is 10.5. The van der Waals surface area contributed by atoms with Gasteiger partial charge in [-0.3, -0.25) is 9.59 Å². The van der Waals surface area contributed by atoms with E-state index in [1.54, 1.807) is 0 Å². The van der Waals surface area contributed by atoms with Crippen LogP contribution in [0.15, 0.2) is 30.5 Å². The second-order valence-electron chi connectivity index (χ2n) is 6.96. The third-order valence-corrected chi connectivity index (χ3v) is 5.29. The van der Waals surface area contributed by atoms with E-state index < -0.39 is 29.7 Å². The number of hydrogen-bond donors (Lipinski definition) is 2. The van der Waals surface area contributed by atoms with Crippen LogP contribution in [0.25, 0.3) is 0 Å². The van der Waals surface area contributed by atoms with Crippen LogP contribution in [0.5, 0.6) is 0 Å². The normalized spacial score (nSPS) is 12.4. The minimum absolute atomic E-state index is 0.0827. The molecular formula is C19H19F4N7O2S. The summed E-state index contributed by atoms with van der Waals surface area (Å²) in [6.45, 7) is -0.0939. The fourth-order valence-corrected chi connectivity index (χ4v) is 3.58. The van der Waals surface area contributed by atoms with Crippen LogP contribution >= 0.6 is 11.3 Å². The topological polar surface area (TPSA) is 115 Å². The molecule has 2 N–H and O–H groups in total. The number of benzene rings is 1. The summed E-state index contributed by atoms with van der Waals surface area (Å²) < 4.78 is 53.9. The molecule has 0 bridgehead atoms. The highest BCUT2D eigenvalue weighted by Crippen LogP contribution is 2.29. The lowest BCUT2D eigenvalue weighted by Crippen LogP contribution is -2.18. The van der Waals surface area contributed by atoms with Crippen LogP contribution < -0.4 is 10.6 Å². The molecule has 2 aromatic heterocycles. The van der Waals surface area contributed by atoms with Gasteiger partial charge in [0.2, 0.25) is 11.0 Å². The lowest BCUT2D eigenvalue weighted by Gasteiger charge is -2.08. The number of carbonyl (C=O) groups is 2. The van der Waals surface area contributed by atoms with Gasteiger partial charge in [-0.05, 0) is 18.1 Å². The van der Waals surface area contributed by atoms with Gasteiger partial charge < -0.3 is 10.6 Å². The van der Waals surface area contributed by atoms with Gasteiger partial charge in [-0.25, -0.2) is 9.07 Å². The molecule has 0 fully saturated rings. The molecule has 0 saturated carbocycles. The minimum Gasteiger partial charge on any atom is -0.354 e. The van der Waals surface area contributed by atoms with Crippen LogP contribution in [-0.2, 0) is 30.4 Å². The van der Waals surface area contributed by atoms with E-state index in [9.17, 15) is 27.2 Å². The molecule has 0 radical (unpaired) electrons. The second-order valence-corrected chi connectivity index (χ2v) is 8.03. The Morgan fingerprint density at radius 3 is 2.73 bits per heavy atom. The van der Waals surface area contributed by atoms with E-state index in [4.69, 9.17) is 0 Å². The summed E-state index contributed by atoms with van der Waals surface area (Å²) in [5.74, 6) is -0.966. The Balaban J connectivity index is 1.47. The standard InChI is InChI=1S/C19H19F4N7O2S/c1-24-17(32)14-10-30(29-26-14)9-13(20)5-6-16-27-28-18(33-16)25-15(31)8-11-3-2-4-12(7-11)19(21,22)23/h2-4,7,10,13H,5-6,8-9H2,1H3,(H,24,32)(H,25,28,31). The maximum Gasteiger partial charge on any atom is 0.416 e. The van der Waals surface area contributed by atoms with Gasteiger partial charge in [0.15, 0.2) is 5.69 Å². The van der Waals surface area contributed by atoms with Gasteiger partial charge in [0.05, 0.1) is 24.7 Å². The summed E-state index contributed by atoms with van der Waals surface area (Å²) in [6, 6.07) is 4.51. The molecule has 1 aromatic carbocycles. The lowest BCUT2D eigenvalue weighted by molar-refractivity contribution is -0.137. The summed E-state index contributed by atoms with van der Waals surface area (Å²) >= 11 is 1.05. The molecule has 0 aliphatic rings. The van der Waals surface area contributed by atoms with Crippen molar-refractivity contribution in [2.75, 3.05) is 12.4 Å². The maximum atomic E-state index is 14.3. The van der Waals surface area contributed by atoms with E-state index >= 15 is 0 Å². The molecule has 176 valence electrons. The van der Waals surface area contributed by atoms with Crippen molar-refractivity contribution in [1.29, 1.82) is 0 Å². The first-order chi connectivity index (χ1) is 15.6. The molecule has 0 aliphatic heterocycles. The van der Waals surface area contributed by atoms with Crippen molar-refractivity contribution >= 4 is 28.3 Å². The Hall–Kier alpha value is -3.42. The van der Waals surface area contributed by atoms with Gasteiger partial charge in [0.1, 0.15) is 11.2 Å². The highest BCUT2D eigenvalue weighted by molar-refractivity contribution is 7.15. The number of anilines is 1. The number of hydrogen-bond acceptors (Lipinski definition) is 7.